The molecule has 20 heavy (non-hydrogen) atoms. The molecule has 0 N–H and O–H groups in total. The third kappa shape index (κ3) is 3.83. The summed E-state index contributed by atoms with van der Waals surface area (Å²) in [5.74, 6) is 0.587. The van der Waals surface area contributed by atoms with E-state index in [4.69, 9.17) is 4.74 Å². The van der Waals surface area contributed by atoms with E-state index in [1.54, 1.807) is 6.07 Å². The Kier molecular flexibility index (Phi) is 5.22. The second kappa shape index (κ2) is 6.72. The molecule has 106 valence electrons. The summed E-state index contributed by atoms with van der Waals surface area (Å²) in [6.07, 6.45) is 0.143. The molecule has 0 saturated carbocycles. The van der Waals surface area contributed by atoms with Gasteiger partial charge in [-0.15, -0.1) is 0 Å². The summed E-state index contributed by atoms with van der Waals surface area (Å²) < 4.78 is 20.3. The van der Waals surface area contributed by atoms with Crippen LogP contribution >= 0.6 is 31.9 Å². The van der Waals surface area contributed by atoms with Crippen molar-refractivity contribution in [3.8, 4) is 5.75 Å². The molecule has 1 unspecified atom stereocenters. The molecule has 0 aromatic heterocycles. The van der Waals surface area contributed by atoms with Crippen LogP contribution < -0.4 is 4.74 Å². The Morgan fingerprint density at radius 3 is 2.25 bits per heavy atom. The Bertz CT molecular complexity index is 582. The Labute approximate surface area is 135 Å². The number of hydrogen-bond donors (Lipinski definition) is 0. The zero-order valence-corrected chi connectivity index (χ0v) is 14.4. The SMILES string of the molecule is CC(C)Oc1ccc(C(Br)c2ccc(Br)cc2F)cc1. The predicted molar refractivity (Wildman–Crippen MR) is 87.1 cm³/mol. The maximum atomic E-state index is 14.0. The summed E-state index contributed by atoms with van der Waals surface area (Å²) in [5.41, 5.74) is 1.60. The Morgan fingerprint density at radius 1 is 1.05 bits per heavy atom. The van der Waals surface area contributed by atoms with Gasteiger partial charge in [0.15, 0.2) is 0 Å². The molecule has 0 bridgehead atoms. The number of alkyl halides is 1. The molecule has 0 fully saturated rings. The van der Waals surface area contributed by atoms with Crippen LogP contribution in [0.4, 0.5) is 4.39 Å². The maximum absolute atomic E-state index is 14.0. The van der Waals surface area contributed by atoms with Gasteiger partial charge in [-0.2, -0.15) is 0 Å². The monoisotopic (exact) mass is 400 g/mol. The van der Waals surface area contributed by atoms with E-state index in [0.29, 0.717) is 5.56 Å². The number of hydrogen-bond acceptors (Lipinski definition) is 1. The molecule has 0 spiro atoms. The highest BCUT2D eigenvalue weighted by atomic mass is 79.9. The summed E-state index contributed by atoms with van der Waals surface area (Å²) >= 11 is 6.81. The Morgan fingerprint density at radius 2 is 1.70 bits per heavy atom. The highest BCUT2D eigenvalue weighted by Gasteiger charge is 2.15. The topological polar surface area (TPSA) is 9.23 Å². The molecule has 0 aliphatic rings. The van der Waals surface area contributed by atoms with E-state index in [-0.39, 0.29) is 16.7 Å². The second-order valence-electron chi connectivity index (χ2n) is 4.76. The van der Waals surface area contributed by atoms with Gasteiger partial charge in [-0.05, 0) is 43.7 Å². The molecule has 0 radical (unpaired) electrons. The molecule has 0 aliphatic heterocycles. The Balaban J connectivity index is 2.22. The van der Waals surface area contributed by atoms with Crippen molar-refractivity contribution >= 4 is 31.9 Å². The van der Waals surface area contributed by atoms with Crippen LogP contribution in [0.5, 0.6) is 5.75 Å². The minimum atomic E-state index is -0.233. The molecule has 0 saturated heterocycles. The van der Waals surface area contributed by atoms with Crippen molar-refractivity contribution in [3.05, 3.63) is 63.9 Å². The van der Waals surface area contributed by atoms with E-state index in [0.717, 1.165) is 15.8 Å². The lowest BCUT2D eigenvalue weighted by Gasteiger charge is -2.14. The average molecular weight is 402 g/mol. The van der Waals surface area contributed by atoms with Crippen LogP contribution in [-0.2, 0) is 0 Å². The van der Waals surface area contributed by atoms with Gasteiger partial charge in [0.25, 0.3) is 0 Å². The number of halogens is 3. The van der Waals surface area contributed by atoms with Gasteiger partial charge in [0.1, 0.15) is 11.6 Å². The standard InChI is InChI=1S/C16H15Br2FO/c1-10(2)20-13-6-3-11(4-7-13)16(18)14-8-5-12(17)9-15(14)19/h3-10,16H,1-2H3. The van der Waals surface area contributed by atoms with Crippen molar-refractivity contribution < 1.29 is 9.13 Å². The first kappa shape index (κ1) is 15.5. The fourth-order valence-corrected chi connectivity index (χ4v) is 2.88. The van der Waals surface area contributed by atoms with E-state index in [1.807, 2.05) is 44.2 Å². The quantitative estimate of drug-likeness (QED) is 0.583. The second-order valence-corrected chi connectivity index (χ2v) is 6.60. The van der Waals surface area contributed by atoms with Crippen molar-refractivity contribution in [1.29, 1.82) is 0 Å². The number of benzene rings is 2. The average Bonchev–Trinajstić information content (AvgIpc) is 2.38. The van der Waals surface area contributed by atoms with Crippen molar-refractivity contribution in [2.45, 2.75) is 24.8 Å². The first-order valence-corrected chi connectivity index (χ1v) is 8.04. The lowest BCUT2D eigenvalue weighted by molar-refractivity contribution is 0.242. The third-order valence-electron chi connectivity index (χ3n) is 2.78. The van der Waals surface area contributed by atoms with Gasteiger partial charge >= 0.3 is 0 Å². The van der Waals surface area contributed by atoms with Crippen LogP contribution in [0.25, 0.3) is 0 Å². The first-order chi connectivity index (χ1) is 9.47. The summed E-state index contributed by atoms with van der Waals surface area (Å²) in [6, 6.07) is 12.8. The van der Waals surface area contributed by atoms with Crippen molar-refractivity contribution in [2.24, 2.45) is 0 Å². The van der Waals surface area contributed by atoms with Crippen LogP contribution in [0, 0.1) is 5.82 Å². The molecule has 2 rings (SSSR count). The van der Waals surface area contributed by atoms with Crippen LogP contribution in [0.2, 0.25) is 0 Å². The molecule has 2 aromatic rings. The number of ether oxygens (including phenoxy) is 1. The predicted octanol–water partition coefficient (Wildman–Crippen LogP) is 5.86. The smallest absolute Gasteiger partial charge is 0.129 e. The summed E-state index contributed by atoms with van der Waals surface area (Å²) in [5, 5.41) is 0. The number of rotatable bonds is 4. The zero-order valence-electron chi connectivity index (χ0n) is 11.2. The molecule has 1 atom stereocenters. The summed E-state index contributed by atoms with van der Waals surface area (Å²) in [4.78, 5) is -0.177. The highest BCUT2D eigenvalue weighted by Crippen LogP contribution is 2.34. The summed E-state index contributed by atoms with van der Waals surface area (Å²) in [6.45, 7) is 3.97. The fraction of sp³-hybridized carbons (Fsp3) is 0.250. The third-order valence-corrected chi connectivity index (χ3v) is 4.30. The van der Waals surface area contributed by atoms with Crippen molar-refractivity contribution in [2.75, 3.05) is 0 Å². The molecule has 0 amide bonds. The van der Waals surface area contributed by atoms with Gasteiger partial charge in [-0.25, -0.2) is 4.39 Å². The minimum Gasteiger partial charge on any atom is -0.491 e. The summed E-state index contributed by atoms with van der Waals surface area (Å²) in [7, 11) is 0. The van der Waals surface area contributed by atoms with Gasteiger partial charge in [0.2, 0.25) is 0 Å². The first-order valence-electron chi connectivity index (χ1n) is 6.33. The van der Waals surface area contributed by atoms with Gasteiger partial charge < -0.3 is 4.74 Å². The Hall–Kier alpha value is -0.870. The van der Waals surface area contributed by atoms with Gasteiger partial charge in [0, 0.05) is 10.0 Å². The van der Waals surface area contributed by atoms with E-state index >= 15 is 0 Å². The molecular weight excluding hydrogens is 387 g/mol. The van der Waals surface area contributed by atoms with Crippen molar-refractivity contribution in [1.82, 2.24) is 0 Å². The van der Waals surface area contributed by atoms with Crippen molar-refractivity contribution in [3.63, 3.8) is 0 Å². The zero-order chi connectivity index (χ0) is 14.7. The molecular formula is C16H15Br2FO. The van der Waals surface area contributed by atoms with E-state index in [2.05, 4.69) is 31.9 Å². The molecule has 4 heteroatoms. The lowest BCUT2D eigenvalue weighted by Crippen LogP contribution is -2.05. The van der Waals surface area contributed by atoms with E-state index < -0.39 is 0 Å². The minimum absolute atomic E-state index is 0.143. The van der Waals surface area contributed by atoms with Crippen LogP contribution in [0.3, 0.4) is 0 Å². The van der Waals surface area contributed by atoms with Crippen LogP contribution in [0.15, 0.2) is 46.9 Å². The van der Waals surface area contributed by atoms with Gasteiger partial charge in [-0.1, -0.05) is 50.1 Å². The van der Waals surface area contributed by atoms with Gasteiger partial charge in [0.05, 0.1) is 10.9 Å². The molecule has 2 aromatic carbocycles. The van der Waals surface area contributed by atoms with E-state index in [1.165, 1.54) is 6.07 Å². The molecule has 0 aliphatic carbocycles. The maximum Gasteiger partial charge on any atom is 0.129 e. The normalized spacial score (nSPS) is 12.5. The van der Waals surface area contributed by atoms with Crippen LogP contribution in [-0.4, -0.2) is 6.10 Å². The highest BCUT2D eigenvalue weighted by molar-refractivity contribution is 9.10. The van der Waals surface area contributed by atoms with E-state index in [9.17, 15) is 4.39 Å². The van der Waals surface area contributed by atoms with Gasteiger partial charge in [-0.3, -0.25) is 0 Å². The molecule has 1 nitrogen and oxygen atoms in total. The van der Waals surface area contributed by atoms with Crippen LogP contribution in [0.1, 0.15) is 29.8 Å². The fourth-order valence-electron chi connectivity index (χ4n) is 1.87. The lowest BCUT2D eigenvalue weighted by atomic mass is 10.0. The largest absolute Gasteiger partial charge is 0.491 e. The molecule has 0 heterocycles.